The van der Waals surface area contributed by atoms with Gasteiger partial charge in [0.1, 0.15) is 0 Å². The Hall–Kier alpha value is -2.27. The minimum atomic E-state index is 0.118. The molecule has 2 aromatic heterocycles. The average Bonchev–Trinajstić information content (AvgIpc) is 2.52. The molecule has 0 saturated carbocycles. The van der Waals surface area contributed by atoms with Crippen molar-refractivity contribution in [1.29, 1.82) is 0 Å². The van der Waals surface area contributed by atoms with E-state index in [1.54, 1.807) is 6.20 Å². The van der Waals surface area contributed by atoms with Crippen LogP contribution in [0.5, 0.6) is 6.01 Å². The smallest absolute Gasteiger partial charge is 0.321 e. The second-order valence-electron chi connectivity index (χ2n) is 4.43. The van der Waals surface area contributed by atoms with Crippen molar-refractivity contribution in [2.45, 2.75) is 13.3 Å². The number of hydrogen-bond donors (Lipinski definition) is 0. The Bertz CT molecular complexity index is 773. The van der Waals surface area contributed by atoms with E-state index in [4.69, 9.17) is 16.3 Å². The molecule has 0 aliphatic rings. The van der Waals surface area contributed by atoms with E-state index < -0.39 is 0 Å². The first-order chi connectivity index (χ1) is 10.3. The van der Waals surface area contributed by atoms with Crippen molar-refractivity contribution in [2.75, 3.05) is 6.61 Å². The second kappa shape index (κ2) is 6.01. The Labute approximate surface area is 127 Å². The molecule has 5 nitrogen and oxygen atoms in total. The van der Waals surface area contributed by atoms with Crippen LogP contribution in [0.2, 0.25) is 5.28 Å². The topological polar surface area (TPSA) is 60.8 Å². The molecule has 0 aliphatic heterocycles. The fourth-order valence-electron chi connectivity index (χ4n) is 2.01. The second-order valence-corrected chi connectivity index (χ2v) is 4.77. The number of benzene rings is 1. The summed E-state index contributed by atoms with van der Waals surface area (Å²) in [5, 5.41) is 1.08. The van der Waals surface area contributed by atoms with Crippen molar-refractivity contribution >= 4 is 22.5 Å². The van der Waals surface area contributed by atoms with E-state index in [2.05, 4.69) is 19.9 Å². The Morgan fingerprint density at radius 3 is 2.86 bits per heavy atom. The van der Waals surface area contributed by atoms with Gasteiger partial charge in [-0.1, -0.05) is 25.1 Å². The van der Waals surface area contributed by atoms with Crippen LogP contribution in [0.1, 0.15) is 13.3 Å². The molecular weight excluding hydrogens is 288 g/mol. The van der Waals surface area contributed by atoms with Gasteiger partial charge in [-0.25, -0.2) is 0 Å². The van der Waals surface area contributed by atoms with Crippen LogP contribution >= 0.6 is 11.6 Å². The molecule has 0 atom stereocenters. The van der Waals surface area contributed by atoms with Gasteiger partial charge in [-0.05, 0) is 30.2 Å². The number of aromatic nitrogens is 4. The quantitative estimate of drug-likeness (QED) is 0.737. The number of fused-ring (bicyclic) bond motifs is 1. The molecule has 0 N–H and O–H groups in total. The summed E-state index contributed by atoms with van der Waals surface area (Å²) in [5.41, 5.74) is 1.73. The maximum Gasteiger partial charge on any atom is 0.321 e. The summed E-state index contributed by atoms with van der Waals surface area (Å²) in [7, 11) is 0. The molecule has 0 amide bonds. The molecule has 0 saturated heterocycles. The van der Waals surface area contributed by atoms with Crippen LogP contribution in [-0.4, -0.2) is 26.5 Å². The van der Waals surface area contributed by atoms with Gasteiger partial charge in [-0.3, -0.25) is 4.98 Å². The summed E-state index contributed by atoms with van der Waals surface area (Å²) in [6, 6.07) is 9.88. The molecule has 1 aromatic carbocycles. The normalized spacial score (nSPS) is 10.8. The number of hydrogen-bond acceptors (Lipinski definition) is 5. The van der Waals surface area contributed by atoms with E-state index >= 15 is 0 Å². The van der Waals surface area contributed by atoms with Crippen molar-refractivity contribution in [3.05, 3.63) is 41.8 Å². The lowest BCUT2D eigenvalue weighted by Gasteiger charge is -2.07. The van der Waals surface area contributed by atoms with Crippen LogP contribution in [0.25, 0.3) is 22.3 Å². The van der Waals surface area contributed by atoms with Gasteiger partial charge in [0.25, 0.3) is 0 Å². The molecule has 0 aliphatic carbocycles. The van der Waals surface area contributed by atoms with Crippen LogP contribution in [0.4, 0.5) is 0 Å². The third-order valence-corrected chi connectivity index (χ3v) is 3.08. The molecule has 3 aromatic rings. The van der Waals surface area contributed by atoms with E-state index in [1.807, 2.05) is 37.3 Å². The van der Waals surface area contributed by atoms with E-state index in [-0.39, 0.29) is 11.3 Å². The predicted octanol–water partition coefficient (Wildman–Crippen LogP) is 3.53. The largest absolute Gasteiger partial charge is 0.463 e. The standard InChI is InChI=1S/C15H13ClN4O/c1-2-9-21-15-19-13(18-14(16)20-15)11-5-3-7-12-10(11)6-4-8-17-12/h3-8H,2,9H2,1H3. The van der Waals surface area contributed by atoms with E-state index in [1.165, 1.54) is 0 Å². The number of ether oxygens (including phenoxy) is 1. The average molecular weight is 301 g/mol. The van der Waals surface area contributed by atoms with Crippen molar-refractivity contribution in [3.8, 4) is 17.4 Å². The van der Waals surface area contributed by atoms with Crippen LogP contribution in [0.15, 0.2) is 36.5 Å². The molecule has 3 rings (SSSR count). The lowest BCUT2D eigenvalue weighted by Crippen LogP contribution is -2.03. The maximum absolute atomic E-state index is 5.97. The van der Waals surface area contributed by atoms with Gasteiger partial charge in [-0.2, -0.15) is 15.0 Å². The first-order valence-electron chi connectivity index (χ1n) is 6.66. The van der Waals surface area contributed by atoms with Crippen molar-refractivity contribution in [3.63, 3.8) is 0 Å². The molecule has 0 spiro atoms. The molecule has 2 heterocycles. The van der Waals surface area contributed by atoms with Crippen molar-refractivity contribution in [1.82, 2.24) is 19.9 Å². The van der Waals surface area contributed by atoms with Crippen molar-refractivity contribution < 1.29 is 4.74 Å². The third-order valence-electron chi connectivity index (χ3n) is 2.91. The third kappa shape index (κ3) is 2.92. The van der Waals surface area contributed by atoms with Gasteiger partial charge in [0, 0.05) is 17.1 Å². The Morgan fingerprint density at radius 2 is 2.00 bits per heavy atom. The Balaban J connectivity index is 2.12. The summed E-state index contributed by atoms with van der Waals surface area (Å²) in [4.78, 5) is 16.8. The van der Waals surface area contributed by atoms with E-state index in [9.17, 15) is 0 Å². The summed E-state index contributed by atoms with van der Waals surface area (Å²) in [6.07, 6.45) is 2.62. The zero-order chi connectivity index (χ0) is 14.7. The Kier molecular flexibility index (Phi) is 3.92. The van der Waals surface area contributed by atoms with Crippen LogP contribution in [0.3, 0.4) is 0 Å². The fourth-order valence-corrected chi connectivity index (χ4v) is 2.16. The lowest BCUT2D eigenvalue weighted by molar-refractivity contribution is 0.291. The zero-order valence-corrected chi connectivity index (χ0v) is 12.2. The molecule has 6 heteroatoms. The first-order valence-corrected chi connectivity index (χ1v) is 7.04. The highest BCUT2D eigenvalue weighted by atomic mass is 35.5. The van der Waals surface area contributed by atoms with Gasteiger partial charge in [0.2, 0.25) is 5.28 Å². The SMILES string of the molecule is CCCOc1nc(Cl)nc(-c2cccc3ncccc23)n1. The number of pyridine rings is 1. The molecular formula is C15H13ClN4O. The summed E-state index contributed by atoms with van der Waals surface area (Å²) >= 11 is 5.97. The van der Waals surface area contributed by atoms with Gasteiger partial charge in [0.15, 0.2) is 5.82 Å². The zero-order valence-electron chi connectivity index (χ0n) is 11.5. The van der Waals surface area contributed by atoms with E-state index in [0.717, 1.165) is 22.9 Å². The fraction of sp³-hybridized carbons (Fsp3) is 0.200. The minimum absolute atomic E-state index is 0.118. The van der Waals surface area contributed by atoms with Gasteiger partial charge < -0.3 is 4.74 Å². The Morgan fingerprint density at radius 1 is 1.10 bits per heavy atom. The molecule has 0 fully saturated rings. The summed E-state index contributed by atoms with van der Waals surface area (Å²) in [5.74, 6) is 0.486. The highest BCUT2D eigenvalue weighted by Gasteiger charge is 2.11. The molecule has 21 heavy (non-hydrogen) atoms. The first kappa shape index (κ1) is 13.7. The molecule has 0 unspecified atom stereocenters. The maximum atomic E-state index is 5.97. The molecule has 0 radical (unpaired) electrons. The van der Waals surface area contributed by atoms with Crippen LogP contribution in [0, 0.1) is 0 Å². The predicted molar refractivity (Wildman–Crippen MR) is 81.4 cm³/mol. The molecule has 0 bridgehead atoms. The summed E-state index contributed by atoms with van der Waals surface area (Å²) < 4.78 is 5.45. The monoisotopic (exact) mass is 300 g/mol. The minimum Gasteiger partial charge on any atom is -0.463 e. The van der Waals surface area contributed by atoms with Crippen molar-refractivity contribution in [2.24, 2.45) is 0 Å². The number of nitrogens with zero attached hydrogens (tertiary/aromatic N) is 4. The summed E-state index contributed by atoms with van der Waals surface area (Å²) in [6.45, 7) is 2.55. The number of rotatable bonds is 4. The lowest BCUT2D eigenvalue weighted by atomic mass is 10.1. The number of halogens is 1. The highest BCUT2D eigenvalue weighted by molar-refractivity contribution is 6.28. The van der Waals surface area contributed by atoms with E-state index in [0.29, 0.717) is 12.4 Å². The van der Waals surface area contributed by atoms with Gasteiger partial charge >= 0.3 is 6.01 Å². The molecule has 106 valence electrons. The van der Waals surface area contributed by atoms with Crippen LogP contribution in [-0.2, 0) is 0 Å². The van der Waals surface area contributed by atoms with Crippen LogP contribution < -0.4 is 4.74 Å². The van der Waals surface area contributed by atoms with Gasteiger partial charge in [0.05, 0.1) is 12.1 Å². The van der Waals surface area contributed by atoms with Gasteiger partial charge in [-0.15, -0.1) is 0 Å². The highest BCUT2D eigenvalue weighted by Crippen LogP contribution is 2.26.